The molecule has 0 atom stereocenters. The minimum atomic E-state index is -3.64. The fourth-order valence-electron chi connectivity index (χ4n) is 2.52. The van der Waals surface area contributed by atoms with E-state index in [-0.39, 0.29) is 18.6 Å². The number of methoxy groups -OCH3 is 1. The van der Waals surface area contributed by atoms with Crippen molar-refractivity contribution < 1.29 is 17.9 Å². The van der Waals surface area contributed by atoms with Crippen molar-refractivity contribution in [3.05, 3.63) is 0 Å². The van der Waals surface area contributed by atoms with Crippen molar-refractivity contribution in [2.45, 2.75) is 58.0 Å². The minimum Gasteiger partial charge on any atom is -0.468 e. The molecule has 0 radical (unpaired) electrons. The maximum Gasteiger partial charge on any atom is 0.321 e. The summed E-state index contributed by atoms with van der Waals surface area (Å²) < 4.78 is 32.5. The summed E-state index contributed by atoms with van der Waals surface area (Å²) in [5.74, 6) is -0.542. The van der Waals surface area contributed by atoms with Gasteiger partial charge in [-0.2, -0.15) is 17.0 Å². The SMILES string of the molecule is COC(=O)CN(C(C)C)S(=O)(=O)N(C)C1CCCCC1. The van der Waals surface area contributed by atoms with E-state index in [4.69, 9.17) is 0 Å². The minimum absolute atomic E-state index is 0.0349. The molecule has 0 aromatic heterocycles. The van der Waals surface area contributed by atoms with Gasteiger partial charge >= 0.3 is 5.97 Å². The molecule has 20 heavy (non-hydrogen) atoms. The lowest BCUT2D eigenvalue weighted by molar-refractivity contribution is -0.141. The van der Waals surface area contributed by atoms with E-state index in [0.717, 1.165) is 25.7 Å². The van der Waals surface area contributed by atoms with Crippen LogP contribution in [0.25, 0.3) is 0 Å². The zero-order valence-corrected chi connectivity index (χ0v) is 13.6. The molecule has 118 valence electrons. The summed E-state index contributed by atoms with van der Waals surface area (Å²) in [6, 6.07) is -0.252. The van der Waals surface area contributed by atoms with Gasteiger partial charge in [0.2, 0.25) is 0 Å². The maximum absolute atomic E-state index is 12.7. The second kappa shape index (κ2) is 7.38. The Bertz CT molecular complexity index is 416. The standard InChI is InChI=1S/C13H26N2O4S/c1-11(2)15(10-13(16)19-4)20(17,18)14(3)12-8-6-5-7-9-12/h11-12H,5-10H2,1-4H3. The number of rotatable bonds is 6. The molecule has 1 rings (SSSR count). The van der Waals surface area contributed by atoms with Crippen LogP contribution in [0.5, 0.6) is 0 Å². The van der Waals surface area contributed by atoms with Crippen molar-refractivity contribution >= 4 is 16.2 Å². The van der Waals surface area contributed by atoms with Crippen LogP contribution < -0.4 is 0 Å². The molecule has 0 bridgehead atoms. The number of carbonyl (C=O) groups excluding carboxylic acids is 1. The first-order chi connectivity index (χ1) is 9.30. The van der Waals surface area contributed by atoms with Gasteiger partial charge in [-0.1, -0.05) is 19.3 Å². The van der Waals surface area contributed by atoms with Gasteiger partial charge < -0.3 is 4.74 Å². The van der Waals surface area contributed by atoms with Gasteiger partial charge in [0.1, 0.15) is 6.54 Å². The van der Waals surface area contributed by atoms with Gasteiger partial charge in [0.05, 0.1) is 7.11 Å². The Balaban J connectivity index is 2.88. The van der Waals surface area contributed by atoms with Crippen molar-refractivity contribution in [3.63, 3.8) is 0 Å². The molecular formula is C13H26N2O4S. The molecule has 0 aromatic rings. The number of ether oxygens (including phenoxy) is 1. The third-order valence-corrected chi connectivity index (χ3v) is 6.01. The number of hydrogen-bond acceptors (Lipinski definition) is 4. The Morgan fingerprint density at radius 3 is 2.25 bits per heavy atom. The summed E-state index contributed by atoms with van der Waals surface area (Å²) >= 11 is 0. The second-order valence-electron chi connectivity index (χ2n) is 5.53. The highest BCUT2D eigenvalue weighted by atomic mass is 32.2. The highest BCUT2D eigenvalue weighted by Crippen LogP contribution is 2.25. The molecule has 0 heterocycles. The summed E-state index contributed by atoms with van der Waals surface area (Å²) in [4.78, 5) is 11.4. The zero-order valence-electron chi connectivity index (χ0n) is 12.8. The summed E-state index contributed by atoms with van der Waals surface area (Å²) in [5.41, 5.74) is 0. The van der Waals surface area contributed by atoms with Gasteiger partial charge in [-0.3, -0.25) is 4.79 Å². The molecule has 0 spiro atoms. The number of esters is 1. The monoisotopic (exact) mass is 306 g/mol. The molecule has 6 nitrogen and oxygen atoms in total. The lowest BCUT2D eigenvalue weighted by atomic mass is 9.96. The maximum atomic E-state index is 12.7. The largest absolute Gasteiger partial charge is 0.468 e. The second-order valence-corrected chi connectivity index (χ2v) is 7.47. The molecule has 0 amide bonds. The van der Waals surface area contributed by atoms with Crippen LogP contribution in [-0.4, -0.2) is 55.8 Å². The van der Waals surface area contributed by atoms with Gasteiger partial charge in [0.25, 0.3) is 10.2 Å². The smallest absolute Gasteiger partial charge is 0.321 e. The number of carbonyl (C=O) groups is 1. The average molecular weight is 306 g/mol. The molecule has 7 heteroatoms. The van der Waals surface area contributed by atoms with Crippen LogP contribution in [-0.2, 0) is 19.7 Å². The highest BCUT2D eigenvalue weighted by molar-refractivity contribution is 7.86. The van der Waals surface area contributed by atoms with E-state index in [2.05, 4.69) is 4.74 Å². The van der Waals surface area contributed by atoms with Crippen LogP contribution in [0.15, 0.2) is 0 Å². The predicted octanol–water partition coefficient (Wildman–Crippen LogP) is 1.38. The van der Waals surface area contributed by atoms with E-state index in [1.165, 1.54) is 22.1 Å². The Hall–Kier alpha value is -0.660. The highest BCUT2D eigenvalue weighted by Gasteiger charge is 2.35. The van der Waals surface area contributed by atoms with Gasteiger partial charge in [0.15, 0.2) is 0 Å². The van der Waals surface area contributed by atoms with Crippen LogP contribution in [0.2, 0.25) is 0 Å². The Morgan fingerprint density at radius 1 is 1.25 bits per heavy atom. The summed E-state index contributed by atoms with van der Waals surface area (Å²) in [6.45, 7) is 3.28. The molecular weight excluding hydrogens is 280 g/mol. The molecule has 1 aliphatic rings. The van der Waals surface area contributed by atoms with Crippen LogP contribution in [0, 0.1) is 0 Å². The summed E-state index contributed by atoms with van der Waals surface area (Å²) in [5, 5.41) is 0. The van der Waals surface area contributed by atoms with E-state index in [9.17, 15) is 13.2 Å². The Labute approximate surface area is 122 Å². The Kier molecular flexibility index (Phi) is 6.42. The van der Waals surface area contributed by atoms with Gasteiger partial charge in [0, 0.05) is 19.1 Å². The van der Waals surface area contributed by atoms with Gasteiger partial charge in [-0.15, -0.1) is 0 Å². The van der Waals surface area contributed by atoms with Crippen molar-refractivity contribution in [1.29, 1.82) is 0 Å². The normalized spacial score (nSPS) is 17.9. The summed E-state index contributed by atoms with van der Waals surface area (Å²) in [6.07, 6.45) is 5.06. The molecule has 0 aromatic carbocycles. The Morgan fingerprint density at radius 2 is 1.80 bits per heavy atom. The summed E-state index contributed by atoms with van der Waals surface area (Å²) in [7, 11) is -0.768. The zero-order chi connectivity index (χ0) is 15.3. The van der Waals surface area contributed by atoms with E-state index in [0.29, 0.717) is 0 Å². The van der Waals surface area contributed by atoms with Crippen molar-refractivity contribution in [2.75, 3.05) is 20.7 Å². The lowest BCUT2D eigenvalue weighted by Crippen LogP contribution is -2.51. The average Bonchev–Trinajstić information content (AvgIpc) is 2.43. The lowest BCUT2D eigenvalue weighted by Gasteiger charge is -2.35. The van der Waals surface area contributed by atoms with Crippen molar-refractivity contribution in [1.82, 2.24) is 8.61 Å². The van der Waals surface area contributed by atoms with E-state index >= 15 is 0 Å². The van der Waals surface area contributed by atoms with E-state index in [1.54, 1.807) is 20.9 Å². The third-order valence-electron chi connectivity index (χ3n) is 3.84. The van der Waals surface area contributed by atoms with Crippen LogP contribution in [0.4, 0.5) is 0 Å². The van der Waals surface area contributed by atoms with Gasteiger partial charge in [-0.25, -0.2) is 0 Å². The molecule has 1 fully saturated rings. The van der Waals surface area contributed by atoms with Gasteiger partial charge in [-0.05, 0) is 26.7 Å². The molecule has 1 saturated carbocycles. The fraction of sp³-hybridized carbons (Fsp3) is 0.923. The first-order valence-electron chi connectivity index (χ1n) is 7.12. The van der Waals surface area contributed by atoms with Crippen LogP contribution in [0.1, 0.15) is 46.0 Å². The molecule has 1 aliphatic carbocycles. The predicted molar refractivity (Wildman–Crippen MR) is 77.4 cm³/mol. The first-order valence-corrected chi connectivity index (χ1v) is 8.52. The molecule has 0 N–H and O–H groups in total. The van der Waals surface area contributed by atoms with E-state index < -0.39 is 16.2 Å². The van der Waals surface area contributed by atoms with Crippen molar-refractivity contribution in [3.8, 4) is 0 Å². The quantitative estimate of drug-likeness (QED) is 0.695. The topological polar surface area (TPSA) is 66.9 Å². The number of hydrogen-bond donors (Lipinski definition) is 0. The fourth-order valence-corrected chi connectivity index (χ4v) is 4.24. The molecule has 0 aliphatic heterocycles. The van der Waals surface area contributed by atoms with E-state index in [1.807, 2.05) is 0 Å². The molecule has 0 unspecified atom stereocenters. The van der Waals surface area contributed by atoms with Crippen molar-refractivity contribution in [2.24, 2.45) is 0 Å². The van der Waals surface area contributed by atoms with Crippen LogP contribution >= 0.6 is 0 Å². The first kappa shape index (κ1) is 17.4. The molecule has 0 saturated heterocycles. The number of nitrogens with zero attached hydrogens (tertiary/aromatic N) is 2. The van der Waals surface area contributed by atoms with Crippen LogP contribution in [0.3, 0.4) is 0 Å². The third kappa shape index (κ3) is 4.17.